The van der Waals surface area contributed by atoms with Crippen LogP contribution in [0.15, 0.2) is 35.6 Å². The van der Waals surface area contributed by atoms with Crippen molar-refractivity contribution in [1.29, 1.82) is 0 Å². The Morgan fingerprint density at radius 3 is 2.38 bits per heavy atom. The Bertz CT molecular complexity index is 298. The third-order valence-corrected chi connectivity index (χ3v) is 2.04. The molecule has 0 radical (unpaired) electrons. The van der Waals surface area contributed by atoms with Gasteiger partial charge >= 0.3 is 5.97 Å². The molecule has 0 saturated carbocycles. The van der Waals surface area contributed by atoms with Crippen LogP contribution in [-0.4, -0.2) is 20.2 Å². The zero-order valence-corrected chi connectivity index (χ0v) is 10.4. The van der Waals surface area contributed by atoms with Crippen molar-refractivity contribution < 1.29 is 14.3 Å². The summed E-state index contributed by atoms with van der Waals surface area (Å²) in [5, 5.41) is 0. The smallest absolute Gasteiger partial charge is 0.330 e. The van der Waals surface area contributed by atoms with Gasteiger partial charge < -0.3 is 9.47 Å². The number of hydrogen-bond acceptors (Lipinski definition) is 3. The maximum Gasteiger partial charge on any atom is 0.330 e. The van der Waals surface area contributed by atoms with Crippen LogP contribution in [0.1, 0.15) is 26.7 Å². The number of ether oxygens (including phenoxy) is 2. The summed E-state index contributed by atoms with van der Waals surface area (Å²) in [6, 6.07) is 0. The van der Waals surface area contributed by atoms with Crippen molar-refractivity contribution in [3.8, 4) is 0 Å². The third-order valence-electron chi connectivity index (χ3n) is 2.04. The standard InChI is InChI=1S/C11H14O3.C2H6/c1-13-10-6-3-9(4-7-10)5-8-11(12)14-2;1-2/h3,5-6,8H,4,7H2,1-2H3;1-2H3/b8-5+;. The summed E-state index contributed by atoms with van der Waals surface area (Å²) in [5.41, 5.74) is 1.11. The number of hydrogen-bond donors (Lipinski definition) is 0. The molecule has 0 aromatic carbocycles. The molecule has 0 amide bonds. The summed E-state index contributed by atoms with van der Waals surface area (Å²) in [6.45, 7) is 4.00. The molecule has 16 heavy (non-hydrogen) atoms. The Morgan fingerprint density at radius 1 is 1.25 bits per heavy atom. The van der Waals surface area contributed by atoms with Gasteiger partial charge in [-0.05, 0) is 18.1 Å². The Kier molecular flexibility index (Phi) is 7.94. The molecule has 0 heterocycles. The minimum absolute atomic E-state index is 0.326. The van der Waals surface area contributed by atoms with E-state index in [2.05, 4.69) is 4.74 Å². The van der Waals surface area contributed by atoms with Crippen LogP contribution in [0.4, 0.5) is 0 Å². The average molecular weight is 224 g/mol. The summed E-state index contributed by atoms with van der Waals surface area (Å²) >= 11 is 0. The fraction of sp³-hybridized carbons (Fsp3) is 0.462. The molecule has 0 bridgehead atoms. The van der Waals surface area contributed by atoms with Gasteiger partial charge in [0.25, 0.3) is 0 Å². The second kappa shape index (κ2) is 8.77. The number of rotatable bonds is 3. The van der Waals surface area contributed by atoms with Crippen LogP contribution in [0.2, 0.25) is 0 Å². The van der Waals surface area contributed by atoms with E-state index in [1.807, 2.05) is 26.0 Å². The predicted molar refractivity (Wildman–Crippen MR) is 64.9 cm³/mol. The zero-order valence-electron chi connectivity index (χ0n) is 10.4. The minimum Gasteiger partial charge on any atom is -0.501 e. The monoisotopic (exact) mass is 224 g/mol. The van der Waals surface area contributed by atoms with Crippen LogP contribution in [-0.2, 0) is 14.3 Å². The molecule has 1 rings (SSSR count). The molecular weight excluding hydrogens is 204 g/mol. The molecule has 0 saturated heterocycles. The van der Waals surface area contributed by atoms with Gasteiger partial charge in [-0.2, -0.15) is 0 Å². The number of methoxy groups -OCH3 is 2. The molecule has 0 atom stereocenters. The number of esters is 1. The predicted octanol–water partition coefficient (Wildman–Crippen LogP) is 2.99. The van der Waals surface area contributed by atoms with Gasteiger partial charge in [-0.3, -0.25) is 0 Å². The van der Waals surface area contributed by atoms with Gasteiger partial charge in [0.2, 0.25) is 0 Å². The first-order chi connectivity index (χ1) is 7.76. The molecule has 0 aliphatic heterocycles. The first-order valence-corrected chi connectivity index (χ1v) is 5.46. The number of carbonyl (C=O) groups excluding carboxylic acids is 1. The maximum atomic E-state index is 10.8. The van der Waals surface area contributed by atoms with E-state index in [0.29, 0.717) is 0 Å². The van der Waals surface area contributed by atoms with Crippen molar-refractivity contribution in [1.82, 2.24) is 0 Å². The molecule has 0 unspecified atom stereocenters. The molecule has 0 aromatic rings. The van der Waals surface area contributed by atoms with Crippen molar-refractivity contribution >= 4 is 5.97 Å². The lowest BCUT2D eigenvalue weighted by Gasteiger charge is -2.10. The lowest BCUT2D eigenvalue weighted by molar-refractivity contribution is -0.134. The zero-order chi connectivity index (χ0) is 12.4. The van der Waals surface area contributed by atoms with E-state index in [4.69, 9.17) is 4.74 Å². The van der Waals surface area contributed by atoms with Crippen molar-refractivity contribution in [2.45, 2.75) is 26.7 Å². The molecule has 3 nitrogen and oxygen atoms in total. The van der Waals surface area contributed by atoms with Gasteiger partial charge in [-0.15, -0.1) is 0 Å². The third kappa shape index (κ3) is 5.39. The van der Waals surface area contributed by atoms with Gasteiger partial charge in [0.1, 0.15) is 0 Å². The molecule has 0 aromatic heterocycles. The van der Waals surface area contributed by atoms with Crippen molar-refractivity contribution in [2.24, 2.45) is 0 Å². The van der Waals surface area contributed by atoms with Crippen LogP contribution in [0, 0.1) is 0 Å². The molecule has 1 aliphatic rings. The van der Waals surface area contributed by atoms with E-state index in [1.165, 1.54) is 13.2 Å². The van der Waals surface area contributed by atoms with E-state index in [-0.39, 0.29) is 5.97 Å². The summed E-state index contributed by atoms with van der Waals surface area (Å²) in [5.74, 6) is 0.646. The fourth-order valence-corrected chi connectivity index (χ4v) is 1.19. The molecule has 90 valence electrons. The lowest BCUT2D eigenvalue weighted by atomic mass is 10.0. The second-order valence-corrected chi connectivity index (χ2v) is 2.94. The van der Waals surface area contributed by atoms with Gasteiger partial charge in [-0.1, -0.05) is 26.0 Å². The summed E-state index contributed by atoms with van der Waals surface area (Å²) in [7, 11) is 3.03. The van der Waals surface area contributed by atoms with Crippen LogP contribution < -0.4 is 0 Å². The number of allylic oxidation sites excluding steroid dienone is 5. The van der Waals surface area contributed by atoms with Crippen LogP contribution >= 0.6 is 0 Å². The quantitative estimate of drug-likeness (QED) is 0.546. The van der Waals surface area contributed by atoms with E-state index in [9.17, 15) is 4.79 Å². The molecule has 1 aliphatic carbocycles. The van der Waals surface area contributed by atoms with E-state index in [0.717, 1.165) is 24.2 Å². The van der Waals surface area contributed by atoms with E-state index < -0.39 is 0 Å². The van der Waals surface area contributed by atoms with Crippen molar-refractivity contribution in [2.75, 3.05) is 14.2 Å². The van der Waals surface area contributed by atoms with E-state index >= 15 is 0 Å². The fourth-order valence-electron chi connectivity index (χ4n) is 1.19. The van der Waals surface area contributed by atoms with Gasteiger partial charge in [0.05, 0.1) is 20.0 Å². The lowest BCUT2D eigenvalue weighted by Crippen LogP contribution is -1.96. The SMILES string of the molecule is CC.COC(=O)/C=C/C1=CC=C(OC)CC1. The van der Waals surface area contributed by atoms with Crippen LogP contribution in [0.25, 0.3) is 0 Å². The van der Waals surface area contributed by atoms with Crippen LogP contribution in [0.5, 0.6) is 0 Å². The Labute approximate surface area is 97.4 Å². The topological polar surface area (TPSA) is 35.5 Å². The molecule has 0 spiro atoms. The minimum atomic E-state index is -0.326. The first kappa shape index (κ1) is 14.5. The maximum absolute atomic E-state index is 10.8. The summed E-state index contributed by atoms with van der Waals surface area (Å²) in [6.07, 6.45) is 8.84. The molecular formula is C13H20O3. The largest absolute Gasteiger partial charge is 0.501 e. The highest BCUT2D eigenvalue weighted by atomic mass is 16.5. The van der Waals surface area contributed by atoms with Gasteiger partial charge in [0.15, 0.2) is 0 Å². The highest BCUT2D eigenvalue weighted by Crippen LogP contribution is 2.19. The highest BCUT2D eigenvalue weighted by molar-refractivity contribution is 5.82. The Morgan fingerprint density at radius 2 is 1.94 bits per heavy atom. The summed E-state index contributed by atoms with van der Waals surface area (Å²) in [4.78, 5) is 10.8. The second-order valence-electron chi connectivity index (χ2n) is 2.94. The Balaban J connectivity index is 0.00000106. The first-order valence-electron chi connectivity index (χ1n) is 5.46. The average Bonchev–Trinajstić information content (AvgIpc) is 2.38. The van der Waals surface area contributed by atoms with Crippen molar-refractivity contribution in [3.05, 3.63) is 35.6 Å². The normalized spacial score (nSPS) is 14.5. The highest BCUT2D eigenvalue weighted by Gasteiger charge is 2.04. The van der Waals surface area contributed by atoms with Gasteiger partial charge in [0, 0.05) is 12.5 Å². The summed E-state index contributed by atoms with van der Waals surface area (Å²) < 4.78 is 9.58. The Hall–Kier alpha value is -1.51. The number of carbonyl (C=O) groups is 1. The van der Waals surface area contributed by atoms with Gasteiger partial charge in [-0.25, -0.2) is 4.79 Å². The van der Waals surface area contributed by atoms with Crippen molar-refractivity contribution in [3.63, 3.8) is 0 Å². The van der Waals surface area contributed by atoms with Crippen LogP contribution in [0.3, 0.4) is 0 Å². The molecule has 0 fully saturated rings. The molecule has 0 N–H and O–H groups in total. The molecule has 3 heteroatoms. The van der Waals surface area contributed by atoms with E-state index in [1.54, 1.807) is 13.2 Å².